The van der Waals surface area contributed by atoms with Gasteiger partial charge >= 0.3 is 0 Å². The molecule has 4 heteroatoms. The summed E-state index contributed by atoms with van der Waals surface area (Å²) >= 11 is 3.50. The number of nitrogens with zero attached hydrogens (tertiary/aromatic N) is 1. The smallest absolute Gasteiger partial charge is 0.123 e. The highest BCUT2D eigenvalue weighted by Gasteiger charge is 2.20. The van der Waals surface area contributed by atoms with Gasteiger partial charge in [-0.15, -0.1) is 0 Å². The number of hydrogen-bond donors (Lipinski definition) is 1. The molecule has 19 heavy (non-hydrogen) atoms. The van der Waals surface area contributed by atoms with Gasteiger partial charge in [0.25, 0.3) is 0 Å². The first-order chi connectivity index (χ1) is 9.10. The number of ether oxygens (including phenoxy) is 1. The average molecular weight is 328 g/mol. The van der Waals surface area contributed by atoms with Crippen LogP contribution in [0, 0.1) is 12.8 Å². The molecule has 0 saturated carbocycles. The maximum Gasteiger partial charge on any atom is 0.123 e. The zero-order valence-electron chi connectivity index (χ0n) is 11.7. The van der Waals surface area contributed by atoms with Gasteiger partial charge in [0.05, 0.1) is 0 Å². The van der Waals surface area contributed by atoms with Crippen molar-refractivity contribution < 1.29 is 9.84 Å². The molecule has 1 aromatic carbocycles. The Morgan fingerprint density at radius 3 is 2.68 bits per heavy atom. The lowest BCUT2D eigenvalue weighted by molar-refractivity contribution is 0.0965. The maximum absolute atomic E-state index is 10.1. The lowest BCUT2D eigenvalue weighted by Gasteiger charge is -2.31. The predicted octanol–water partition coefficient (Wildman–Crippen LogP) is 3.32. The van der Waals surface area contributed by atoms with E-state index in [1.54, 1.807) is 7.11 Å². The van der Waals surface area contributed by atoms with Crippen LogP contribution in [0.4, 0.5) is 0 Å². The average Bonchev–Trinajstić information content (AvgIpc) is 2.38. The number of phenols is 1. The maximum atomic E-state index is 10.1. The van der Waals surface area contributed by atoms with Crippen molar-refractivity contribution in [3.63, 3.8) is 0 Å². The number of likely N-dealkylation sites (tertiary alicyclic amines) is 1. The first-order valence-electron chi connectivity index (χ1n) is 6.79. The van der Waals surface area contributed by atoms with Gasteiger partial charge in [-0.05, 0) is 56.5 Å². The van der Waals surface area contributed by atoms with Gasteiger partial charge in [0.2, 0.25) is 0 Å². The van der Waals surface area contributed by atoms with Crippen molar-refractivity contribution in [2.45, 2.75) is 26.3 Å². The first-order valence-corrected chi connectivity index (χ1v) is 7.58. The van der Waals surface area contributed by atoms with E-state index in [2.05, 4.69) is 20.8 Å². The number of aromatic hydroxyl groups is 1. The molecule has 1 aromatic rings. The van der Waals surface area contributed by atoms with Gasteiger partial charge in [-0.2, -0.15) is 0 Å². The Hall–Kier alpha value is -0.580. The van der Waals surface area contributed by atoms with Gasteiger partial charge in [-0.25, -0.2) is 0 Å². The van der Waals surface area contributed by atoms with Crippen LogP contribution in [0.3, 0.4) is 0 Å². The molecule has 1 heterocycles. The Balaban J connectivity index is 1.96. The number of rotatable bonds is 4. The van der Waals surface area contributed by atoms with E-state index in [1.165, 1.54) is 12.8 Å². The van der Waals surface area contributed by atoms with Crippen molar-refractivity contribution in [3.05, 3.63) is 27.7 Å². The van der Waals surface area contributed by atoms with Gasteiger partial charge in [-0.3, -0.25) is 4.90 Å². The summed E-state index contributed by atoms with van der Waals surface area (Å²) in [6.45, 7) is 5.80. The van der Waals surface area contributed by atoms with Gasteiger partial charge in [0, 0.05) is 30.3 Å². The number of phenolic OH excluding ortho intramolecular Hbond substituents is 1. The predicted molar refractivity (Wildman–Crippen MR) is 80.4 cm³/mol. The quantitative estimate of drug-likeness (QED) is 0.920. The third-order valence-corrected chi connectivity index (χ3v) is 4.31. The molecule has 0 amide bonds. The van der Waals surface area contributed by atoms with E-state index in [0.29, 0.717) is 11.7 Å². The molecule has 2 rings (SSSR count). The molecule has 0 aliphatic carbocycles. The molecule has 1 aliphatic heterocycles. The molecule has 1 aliphatic rings. The molecule has 106 valence electrons. The monoisotopic (exact) mass is 327 g/mol. The number of hydrogen-bond acceptors (Lipinski definition) is 3. The fourth-order valence-electron chi connectivity index (χ4n) is 2.71. The van der Waals surface area contributed by atoms with Crippen molar-refractivity contribution in [1.29, 1.82) is 0 Å². The van der Waals surface area contributed by atoms with E-state index in [1.807, 2.05) is 19.1 Å². The third-order valence-electron chi connectivity index (χ3n) is 3.85. The van der Waals surface area contributed by atoms with Crippen molar-refractivity contribution in [2.75, 3.05) is 26.8 Å². The highest BCUT2D eigenvalue weighted by molar-refractivity contribution is 9.10. The molecule has 0 spiro atoms. The van der Waals surface area contributed by atoms with E-state index < -0.39 is 0 Å². The van der Waals surface area contributed by atoms with Crippen LogP contribution in [-0.4, -0.2) is 36.8 Å². The minimum absolute atomic E-state index is 0.433. The Morgan fingerprint density at radius 2 is 2.05 bits per heavy atom. The van der Waals surface area contributed by atoms with Crippen LogP contribution in [-0.2, 0) is 11.3 Å². The number of aryl methyl sites for hydroxylation is 1. The number of benzene rings is 1. The Labute approximate surface area is 123 Å². The second kappa shape index (κ2) is 6.73. The first kappa shape index (κ1) is 14.8. The summed E-state index contributed by atoms with van der Waals surface area (Å²) in [6, 6.07) is 3.97. The summed E-state index contributed by atoms with van der Waals surface area (Å²) < 4.78 is 6.26. The van der Waals surface area contributed by atoms with Crippen molar-refractivity contribution in [1.82, 2.24) is 4.90 Å². The molecule has 0 unspecified atom stereocenters. The van der Waals surface area contributed by atoms with Gasteiger partial charge < -0.3 is 9.84 Å². The molecule has 0 radical (unpaired) electrons. The van der Waals surface area contributed by atoms with Crippen molar-refractivity contribution >= 4 is 15.9 Å². The van der Waals surface area contributed by atoms with E-state index in [-0.39, 0.29) is 0 Å². The SMILES string of the molecule is COCC1CCN(Cc2cc(Br)cc(C)c2O)CC1. The van der Waals surface area contributed by atoms with Gasteiger partial charge in [0.1, 0.15) is 5.75 Å². The third kappa shape index (κ3) is 3.94. The molecule has 0 bridgehead atoms. The summed E-state index contributed by atoms with van der Waals surface area (Å²) in [5.41, 5.74) is 1.94. The molecule has 3 nitrogen and oxygen atoms in total. The molecular weight excluding hydrogens is 306 g/mol. The Kier molecular flexibility index (Phi) is 5.25. The summed E-state index contributed by atoms with van der Waals surface area (Å²) in [4.78, 5) is 2.41. The largest absolute Gasteiger partial charge is 0.507 e. The molecule has 0 atom stereocenters. The minimum atomic E-state index is 0.433. The molecule has 1 N–H and O–H groups in total. The molecular formula is C15H22BrNO2. The van der Waals surface area contributed by atoms with Crippen LogP contribution < -0.4 is 0 Å². The van der Waals surface area contributed by atoms with Crippen molar-refractivity contribution in [2.24, 2.45) is 5.92 Å². The second-order valence-electron chi connectivity index (χ2n) is 5.41. The van der Waals surface area contributed by atoms with Crippen molar-refractivity contribution in [3.8, 4) is 5.75 Å². The Bertz CT molecular complexity index is 428. The summed E-state index contributed by atoms with van der Waals surface area (Å²) in [7, 11) is 1.77. The lowest BCUT2D eigenvalue weighted by atomic mass is 9.97. The fraction of sp³-hybridized carbons (Fsp3) is 0.600. The van der Waals surface area contributed by atoms with E-state index in [4.69, 9.17) is 4.74 Å². The normalized spacial score (nSPS) is 17.8. The van der Waals surface area contributed by atoms with E-state index >= 15 is 0 Å². The van der Waals surface area contributed by atoms with Crippen LogP contribution in [0.2, 0.25) is 0 Å². The molecule has 1 fully saturated rings. The Morgan fingerprint density at radius 1 is 1.37 bits per heavy atom. The number of piperidine rings is 1. The summed E-state index contributed by atoms with van der Waals surface area (Å²) in [5.74, 6) is 1.13. The van der Waals surface area contributed by atoms with E-state index in [9.17, 15) is 5.11 Å². The summed E-state index contributed by atoms with van der Waals surface area (Å²) in [5, 5.41) is 10.1. The van der Waals surface area contributed by atoms with Gasteiger partial charge in [0.15, 0.2) is 0 Å². The highest BCUT2D eigenvalue weighted by atomic mass is 79.9. The van der Waals surface area contributed by atoms with Crippen LogP contribution in [0.1, 0.15) is 24.0 Å². The number of methoxy groups -OCH3 is 1. The zero-order chi connectivity index (χ0) is 13.8. The van der Waals surface area contributed by atoms with Crippen LogP contribution in [0.5, 0.6) is 5.75 Å². The van der Waals surface area contributed by atoms with Gasteiger partial charge in [-0.1, -0.05) is 15.9 Å². The molecule has 1 saturated heterocycles. The van der Waals surface area contributed by atoms with Crippen LogP contribution in [0.15, 0.2) is 16.6 Å². The number of halogens is 1. The fourth-order valence-corrected chi connectivity index (χ4v) is 3.33. The van der Waals surface area contributed by atoms with Crippen LogP contribution >= 0.6 is 15.9 Å². The summed E-state index contributed by atoms with van der Waals surface area (Å²) in [6.07, 6.45) is 2.36. The minimum Gasteiger partial charge on any atom is -0.507 e. The zero-order valence-corrected chi connectivity index (χ0v) is 13.2. The lowest BCUT2D eigenvalue weighted by Crippen LogP contribution is -2.34. The topological polar surface area (TPSA) is 32.7 Å². The molecule has 0 aromatic heterocycles. The van der Waals surface area contributed by atoms with Crippen LogP contribution in [0.25, 0.3) is 0 Å². The van der Waals surface area contributed by atoms with E-state index in [0.717, 1.165) is 41.8 Å². The standard InChI is InChI=1S/C15H22BrNO2/c1-11-7-14(16)8-13(15(11)18)9-17-5-3-12(4-6-17)10-19-2/h7-8,12,18H,3-6,9-10H2,1-2H3. The second-order valence-corrected chi connectivity index (χ2v) is 6.32. The highest BCUT2D eigenvalue weighted by Crippen LogP contribution is 2.29.